The van der Waals surface area contributed by atoms with Gasteiger partial charge in [-0.3, -0.25) is 4.79 Å². The third kappa shape index (κ3) is 8.98. The minimum Gasteiger partial charge on any atom is -0.480 e. The predicted octanol–water partition coefficient (Wildman–Crippen LogP) is -0.986. The zero-order chi connectivity index (χ0) is 12.3. The van der Waals surface area contributed by atoms with E-state index in [1.807, 2.05) is 0 Å². The number of ether oxygens (including phenoxy) is 1. The minimum absolute atomic E-state index is 0.268. The number of carboxylic acid groups (broad SMARTS) is 1. The van der Waals surface area contributed by atoms with Crippen LogP contribution >= 0.6 is 0 Å². The van der Waals surface area contributed by atoms with Crippen molar-refractivity contribution in [3.63, 3.8) is 0 Å². The molecule has 1 amide bonds. The second-order valence-corrected chi connectivity index (χ2v) is 2.39. The Kier molecular flexibility index (Phi) is 11.5. The molecule has 90 valence electrons. The molecule has 1 atom stereocenters. The largest absolute Gasteiger partial charge is 0.480 e. The maximum absolute atomic E-state index is 10.6. The number of carbonyl (C=O) groups is 2. The van der Waals surface area contributed by atoms with Crippen molar-refractivity contribution in [1.29, 1.82) is 0 Å². The average Bonchev–Trinajstić information content (AvgIpc) is 2.26. The molecular formula is C8H18N2O5. The van der Waals surface area contributed by atoms with Gasteiger partial charge < -0.3 is 25.6 Å². The number of rotatable bonds is 5. The van der Waals surface area contributed by atoms with E-state index in [0.717, 1.165) is 7.11 Å². The number of nitrogens with one attached hydrogen (secondary N) is 2. The number of hydrogen-bond donors (Lipinski definition) is 4. The third-order valence-electron chi connectivity index (χ3n) is 1.53. The first kappa shape index (κ1) is 16.1. The van der Waals surface area contributed by atoms with Crippen molar-refractivity contribution in [2.24, 2.45) is 0 Å². The molecule has 4 N–H and O–H groups in total. The lowest BCUT2D eigenvalue weighted by Crippen LogP contribution is -2.37. The first-order chi connectivity index (χ1) is 7.11. The Balaban J connectivity index is 0. The molecule has 0 aliphatic rings. The summed E-state index contributed by atoms with van der Waals surface area (Å²) in [5.41, 5.74) is 0. The molecule has 0 aromatic carbocycles. The lowest BCUT2D eigenvalue weighted by atomic mass is 10.2. The van der Waals surface area contributed by atoms with E-state index in [0.29, 0.717) is 6.42 Å². The number of amides is 1. The summed E-state index contributed by atoms with van der Waals surface area (Å²) in [6.45, 7) is 0.268. The summed E-state index contributed by atoms with van der Waals surface area (Å²) in [6.07, 6.45) is -0.235. The van der Waals surface area contributed by atoms with Crippen LogP contribution in [0.3, 0.4) is 0 Å². The van der Waals surface area contributed by atoms with Gasteiger partial charge in [0.1, 0.15) is 6.04 Å². The monoisotopic (exact) mass is 222 g/mol. The van der Waals surface area contributed by atoms with Gasteiger partial charge in [0, 0.05) is 13.7 Å². The molecule has 0 aromatic heterocycles. The van der Waals surface area contributed by atoms with E-state index in [2.05, 4.69) is 15.4 Å². The van der Waals surface area contributed by atoms with Gasteiger partial charge in [-0.15, -0.1) is 0 Å². The van der Waals surface area contributed by atoms with Crippen molar-refractivity contribution in [2.45, 2.75) is 12.5 Å². The molecule has 0 heterocycles. The Bertz CT molecular complexity index is 186. The first-order valence-corrected chi connectivity index (χ1v) is 4.28. The van der Waals surface area contributed by atoms with E-state index in [1.54, 1.807) is 7.05 Å². The number of aliphatic hydroxyl groups excluding tert-OH is 1. The maximum Gasteiger partial charge on any atom is 0.406 e. The van der Waals surface area contributed by atoms with Gasteiger partial charge >= 0.3 is 12.1 Å². The molecule has 0 aromatic rings. The zero-order valence-corrected chi connectivity index (χ0v) is 9.11. The molecular weight excluding hydrogens is 204 g/mol. The van der Waals surface area contributed by atoms with Crippen LogP contribution in [0.25, 0.3) is 0 Å². The van der Waals surface area contributed by atoms with Crippen molar-refractivity contribution in [1.82, 2.24) is 10.6 Å². The van der Waals surface area contributed by atoms with Crippen molar-refractivity contribution in [3.8, 4) is 0 Å². The lowest BCUT2D eigenvalue weighted by Gasteiger charge is -2.10. The summed E-state index contributed by atoms with van der Waals surface area (Å²) in [5, 5.41) is 20.6. The van der Waals surface area contributed by atoms with Crippen LogP contribution in [0.1, 0.15) is 6.42 Å². The Labute approximate surface area is 88.4 Å². The number of hydrogen-bond acceptors (Lipinski definition) is 5. The molecule has 0 aliphatic carbocycles. The van der Waals surface area contributed by atoms with Gasteiger partial charge in [-0.25, -0.2) is 4.79 Å². The topological polar surface area (TPSA) is 108 Å². The highest BCUT2D eigenvalue weighted by molar-refractivity contribution is 5.73. The summed E-state index contributed by atoms with van der Waals surface area (Å²) in [5.74, 6) is -0.936. The highest BCUT2D eigenvalue weighted by atomic mass is 16.5. The molecule has 0 saturated carbocycles. The summed E-state index contributed by atoms with van der Waals surface area (Å²) in [4.78, 5) is 21.0. The second kappa shape index (κ2) is 10.7. The number of methoxy groups -OCH3 is 1. The Hall–Kier alpha value is -1.34. The van der Waals surface area contributed by atoms with Gasteiger partial charge in [0.15, 0.2) is 0 Å². The fourth-order valence-corrected chi connectivity index (χ4v) is 0.782. The highest BCUT2D eigenvalue weighted by Gasteiger charge is 2.14. The normalized spacial score (nSPS) is 10.7. The van der Waals surface area contributed by atoms with Gasteiger partial charge in [0.2, 0.25) is 0 Å². The van der Waals surface area contributed by atoms with E-state index >= 15 is 0 Å². The number of likely N-dealkylation sites (N-methyl/N-ethyl adjacent to an activating group) is 1. The van der Waals surface area contributed by atoms with Crippen LogP contribution in [0.2, 0.25) is 0 Å². The Morgan fingerprint density at radius 2 is 1.93 bits per heavy atom. The Morgan fingerprint density at radius 1 is 1.40 bits per heavy atom. The zero-order valence-electron chi connectivity index (χ0n) is 9.11. The lowest BCUT2D eigenvalue weighted by molar-refractivity contribution is -0.139. The van der Waals surface area contributed by atoms with Gasteiger partial charge in [0.25, 0.3) is 0 Å². The third-order valence-corrected chi connectivity index (χ3v) is 1.53. The quantitative estimate of drug-likeness (QED) is 0.476. The van der Waals surface area contributed by atoms with Crippen molar-refractivity contribution >= 4 is 12.1 Å². The first-order valence-electron chi connectivity index (χ1n) is 4.28. The predicted molar refractivity (Wildman–Crippen MR) is 53.7 cm³/mol. The number of carbonyl (C=O) groups excluding carboxylic acids is 1. The molecule has 0 radical (unpaired) electrons. The fourth-order valence-electron chi connectivity index (χ4n) is 0.782. The van der Waals surface area contributed by atoms with Gasteiger partial charge in [-0.2, -0.15) is 0 Å². The van der Waals surface area contributed by atoms with Crippen LogP contribution < -0.4 is 10.6 Å². The van der Waals surface area contributed by atoms with Crippen LogP contribution in [-0.2, 0) is 9.53 Å². The molecule has 0 rings (SSSR count). The van der Waals surface area contributed by atoms with Crippen molar-refractivity contribution in [3.05, 3.63) is 0 Å². The molecule has 0 fully saturated rings. The fraction of sp³-hybridized carbons (Fsp3) is 0.750. The minimum atomic E-state index is -0.936. The van der Waals surface area contributed by atoms with Crippen molar-refractivity contribution < 1.29 is 24.5 Å². The summed E-state index contributed by atoms with van der Waals surface area (Å²) < 4.78 is 4.31. The molecule has 1 unspecified atom stereocenters. The summed E-state index contributed by atoms with van der Waals surface area (Å²) in [6, 6.07) is -0.642. The second-order valence-electron chi connectivity index (χ2n) is 2.39. The number of aliphatic hydroxyl groups is 1. The van der Waals surface area contributed by atoms with E-state index < -0.39 is 18.1 Å². The van der Waals surface area contributed by atoms with Gasteiger partial charge in [-0.1, -0.05) is 0 Å². The standard InChI is InChI=1S/C7H14N2O4.CH4O/c1-8-5(6(10)11)3-4-9-7(12)13-2;1-2/h5,8H,3-4H2,1-2H3,(H,9,12)(H,10,11);2H,1H3. The molecule has 0 spiro atoms. The number of aliphatic carboxylic acids is 1. The van der Waals surface area contributed by atoms with Crippen LogP contribution in [0.4, 0.5) is 4.79 Å². The SMILES string of the molecule is CNC(CCNC(=O)OC)C(=O)O.CO. The summed E-state index contributed by atoms with van der Waals surface area (Å²) >= 11 is 0. The molecule has 15 heavy (non-hydrogen) atoms. The Morgan fingerprint density at radius 3 is 2.27 bits per heavy atom. The molecule has 7 nitrogen and oxygen atoms in total. The molecule has 7 heteroatoms. The van der Waals surface area contributed by atoms with E-state index in [4.69, 9.17) is 10.2 Å². The van der Waals surface area contributed by atoms with Crippen LogP contribution in [0.15, 0.2) is 0 Å². The van der Waals surface area contributed by atoms with Crippen LogP contribution in [0.5, 0.6) is 0 Å². The van der Waals surface area contributed by atoms with Gasteiger partial charge in [-0.05, 0) is 13.5 Å². The smallest absolute Gasteiger partial charge is 0.406 e. The van der Waals surface area contributed by atoms with E-state index in [1.165, 1.54) is 7.11 Å². The summed E-state index contributed by atoms with van der Waals surface area (Å²) in [7, 11) is 3.80. The number of alkyl carbamates (subject to hydrolysis) is 1. The molecule has 0 saturated heterocycles. The molecule has 0 bridgehead atoms. The van der Waals surface area contributed by atoms with Crippen molar-refractivity contribution in [2.75, 3.05) is 27.8 Å². The highest BCUT2D eigenvalue weighted by Crippen LogP contribution is 1.89. The number of carboxylic acids is 1. The van der Waals surface area contributed by atoms with E-state index in [9.17, 15) is 9.59 Å². The average molecular weight is 222 g/mol. The van der Waals surface area contributed by atoms with Gasteiger partial charge in [0.05, 0.1) is 7.11 Å². The van der Waals surface area contributed by atoms with E-state index in [-0.39, 0.29) is 6.54 Å². The van der Waals surface area contributed by atoms with Crippen LogP contribution in [0, 0.1) is 0 Å². The maximum atomic E-state index is 10.6. The molecule has 0 aliphatic heterocycles. The van der Waals surface area contributed by atoms with Crippen LogP contribution in [-0.4, -0.2) is 56.1 Å².